The Bertz CT molecular complexity index is 1000. The van der Waals surface area contributed by atoms with Crippen LogP contribution in [0.2, 0.25) is 0 Å². The number of nitrogens with zero attached hydrogens (tertiary/aromatic N) is 1. The van der Waals surface area contributed by atoms with Crippen molar-refractivity contribution in [2.75, 3.05) is 16.6 Å². The molecule has 0 radical (unpaired) electrons. The van der Waals surface area contributed by atoms with Gasteiger partial charge in [0, 0.05) is 17.5 Å². The second-order valence-corrected chi connectivity index (χ2v) is 7.82. The molecule has 2 aromatic rings. The Balaban J connectivity index is 1.65. The Morgan fingerprint density at radius 3 is 2.15 bits per heavy atom. The number of hydrogen-bond acceptors (Lipinski definition) is 5. The maximum absolute atomic E-state index is 12.9. The molecule has 0 aliphatic carbocycles. The largest absolute Gasteiger partial charge is 0.345 e. The first-order chi connectivity index (χ1) is 12.8. The minimum absolute atomic E-state index is 0.0733. The molecule has 140 valence electrons. The van der Waals surface area contributed by atoms with Crippen LogP contribution in [0.15, 0.2) is 48.5 Å². The number of carbonyl (C=O) groups excluding carboxylic acids is 3. The molecule has 9 heteroatoms. The van der Waals surface area contributed by atoms with Gasteiger partial charge in [-0.15, -0.1) is 0 Å². The van der Waals surface area contributed by atoms with Gasteiger partial charge in [-0.2, -0.15) is 0 Å². The Hall–Kier alpha value is -3.07. The highest BCUT2D eigenvalue weighted by Gasteiger charge is 2.36. The fourth-order valence-electron chi connectivity index (χ4n) is 2.62. The molecule has 1 N–H and O–H groups in total. The molecule has 1 fully saturated rings. The molecule has 0 atom stereocenters. The van der Waals surface area contributed by atoms with Crippen molar-refractivity contribution in [2.45, 2.75) is 6.42 Å². The molecule has 2 aromatic carbocycles. The summed E-state index contributed by atoms with van der Waals surface area (Å²) in [6.45, 7) is -0.273. The SMILES string of the molecule is O=C(CNC(=O)c1ccc(N2C(=O)CCS2(=O)=O)cc1)c1ccc(F)cc1. The second-order valence-electron chi connectivity index (χ2n) is 5.88. The van der Waals surface area contributed by atoms with Gasteiger partial charge in [0.15, 0.2) is 5.78 Å². The van der Waals surface area contributed by atoms with E-state index in [4.69, 9.17) is 0 Å². The van der Waals surface area contributed by atoms with Crippen LogP contribution in [-0.4, -0.2) is 38.3 Å². The van der Waals surface area contributed by atoms with Gasteiger partial charge in [0.05, 0.1) is 18.0 Å². The van der Waals surface area contributed by atoms with E-state index in [1.165, 1.54) is 36.4 Å². The summed E-state index contributed by atoms with van der Waals surface area (Å²) in [6, 6.07) is 10.4. The summed E-state index contributed by atoms with van der Waals surface area (Å²) < 4.78 is 37.4. The quantitative estimate of drug-likeness (QED) is 0.780. The molecular weight excluding hydrogens is 375 g/mol. The zero-order chi connectivity index (χ0) is 19.6. The molecule has 1 saturated heterocycles. The van der Waals surface area contributed by atoms with E-state index in [1.54, 1.807) is 0 Å². The van der Waals surface area contributed by atoms with Crippen molar-refractivity contribution in [3.05, 3.63) is 65.5 Å². The molecule has 1 aliphatic heterocycles. The molecule has 3 rings (SSSR count). The lowest BCUT2D eigenvalue weighted by molar-refractivity contribution is -0.116. The number of nitrogens with one attached hydrogen (secondary N) is 1. The highest BCUT2D eigenvalue weighted by molar-refractivity contribution is 7.94. The maximum atomic E-state index is 12.9. The smallest absolute Gasteiger partial charge is 0.251 e. The van der Waals surface area contributed by atoms with E-state index in [2.05, 4.69) is 5.32 Å². The van der Waals surface area contributed by atoms with Crippen LogP contribution >= 0.6 is 0 Å². The summed E-state index contributed by atoms with van der Waals surface area (Å²) in [4.78, 5) is 35.9. The van der Waals surface area contributed by atoms with Gasteiger partial charge in [-0.1, -0.05) is 0 Å². The van der Waals surface area contributed by atoms with Crippen LogP contribution in [0.5, 0.6) is 0 Å². The van der Waals surface area contributed by atoms with Gasteiger partial charge in [0.25, 0.3) is 5.91 Å². The lowest BCUT2D eigenvalue weighted by Gasteiger charge is -2.15. The van der Waals surface area contributed by atoms with Crippen molar-refractivity contribution in [1.29, 1.82) is 0 Å². The van der Waals surface area contributed by atoms with Gasteiger partial charge in [-0.3, -0.25) is 14.4 Å². The zero-order valence-corrected chi connectivity index (χ0v) is 14.8. The third kappa shape index (κ3) is 4.03. The number of sulfonamides is 1. The van der Waals surface area contributed by atoms with Crippen molar-refractivity contribution < 1.29 is 27.2 Å². The molecule has 0 unspecified atom stereocenters. The van der Waals surface area contributed by atoms with Crippen LogP contribution in [0, 0.1) is 5.82 Å². The van der Waals surface area contributed by atoms with Crippen LogP contribution in [0.25, 0.3) is 0 Å². The average molecular weight is 390 g/mol. The molecule has 2 amide bonds. The topological polar surface area (TPSA) is 101 Å². The van der Waals surface area contributed by atoms with Crippen molar-refractivity contribution >= 4 is 33.3 Å². The van der Waals surface area contributed by atoms with Gasteiger partial charge in [-0.25, -0.2) is 17.1 Å². The van der Waals surface area contributed by atoms with Crippen molar-refractivity contribution in [1.82, 2.24) is 5.32 Å². The van der Waals surface area contributed by atoms with E-state index >= 15 is 0 Å². The first-order valence-corrected chi connectivity index (χ1v) is 9.62. The molecule has 27 heavy (non-hydrogen) atoms. The number of benzene rings is 2. The molecule has 1 aliphatic rings. The lowest BCUT2D eigenvalue weighted by atomic mass is 10.1. The van der Waals surface area contributed by atoms with Crippen molar-refractivity contribution in [3.8, 4) is 0 Å². The van der Waals surface area contributed by atoms with Crippen LogP contribution in [0.3, 0.4) is 0 Å². The third-order valence-electron chi connectivity index (χ3n) is 4.02. The summed E-state index contributed by atoms with van der Waals surface area (Å²) in [7, 11) is -3.67. The minimum Gasteiger partial charge on any atom is -0.345 e. The zero-order valence-electron chi connectivity index (χ0n) is 14.0. The average Bonchev–Trinajstić information content (AvgIpc) is 2.93. The first kappa shape index (κ1) is 18.7. The summed E-state index contributed by atoms with van der Waals surface area (Å²) in [5.41, 5.74) is 0.635. The van der Waals surface area contributed by atoms with Gasteiger partial charge in [-0.05, 0) is 48.5 Å². The maximum Gasteiger partial charge on any atom is 0.251 e. The number of halogens is 1. The summed E-state index contributed by atoms with van der Waals surface area (Å²) in [5, 5.41) is 2.44. The Kier molecular flexibility index (Phi) is 5.04. The normalized spacial score (nSPS) is 15.6. The van der Waals surface area contributed by atoms with Gasteiger partial charge >= 0.3 is 0 Å². The molecule has 0 saturated carbocycles. The number of rotatable bonds is 5. The number of Topliss-reactive ketones (excluding diaryl/α,β-unsaturated/α-hetero) is 1. The monoisotopic (exact) mass is 390 g/mol. The van der Waals surface area contributed by atoms with Crippen molar-refractivity contribution in [2.24, 2.45) is 0 Å². The minimum atomic E-state index is -3.67. The van der Waals surface area contributed by atoms with Crippen LogP contribution in [0.1, 0.15) is 27.1 Å². The number of anilines is 1. The molecule has 7 nitrogen and oxygen atoms in total. The standard InChI is InChI=1S/C18H15FN2O5S/c19-14-5-1-12(2-6-14)16(22)11-20-18(24)13-3-7-15(8-4-13)21-17(23)9-10-27(21,25)26/h1-8H,9-11H2,(H,20,24). The molecule has 0 spiro atoms. The van der Waals surface area contributed by atoms with Crippen LogP contribution in [0.4, 0.5) is 10.1 Å². The van der Waals surface area contributed by atoms with E-state index in [0.717, 1.165) is 16.4 Å². The van der Waals surface area contributed by atoms with E-state index < -0.39 is 27.7 Å². The lowest BCUT2D eigenvalue weighted by Crippen LogP contribution is -2.30. The first-order valence-electron chi connectivity index (χ1n) is 8.01. The fraction of sp³-hybridized carbons (Fsp3) is 0.167. The summed E-state index contributed by atoms with van der Waals surface area (Å²) in [5.74, 6) is -2.13. The fourth-order valence-corrected chi connectivity index (χ4v) is 4.08. The van der Waals surface area contributed by atoms with E-state index in [1.807, 2.05) is 0 Å². The molecular formula is C18H15FN2O5S. The van der Waals surface area contributed by atoms with E-state index in [-0.39, 0.29) is 41.3 Å². The van der Waals surface area contributed by atoms with Gasteiger partial charge < -0.3 is 5.32 Å². The highest BCUT2D eigenvalue weighted by atomic mass is 32.2. The van der Waals surface area contributed by atoms with Gasteiger partial charge in [0.2, 0.25) is 15.9 Å². The van der Waals surface area contributed by atoms with Gasteiger partial charge in [0.1, 0.15) is 5.82 Å². The molecule has 0 aromatic heterocycles. The Labute approximate surface area is 154 Å². The molecule has 1 heterocycles. The predicted octanol–water partition coefficient (Wildman–Crippen LogP) is 1.50. The van der Waals surface area contributed by atoms with Crippen LogP contribution < -0.4 is 9.62 Å². The Morgan fingerprint density at radius 1 is 1.00 bits per heavy atom. The van der Waals surface area contributed by atoms with E-state index in [9.17, 15) is 27.2 Å². The van der Waals surface area contributed by atoms with Crippen LogP contribution in [-0.2, 0) is 14.8 Å². The third-order valence-corrected chi connectivity index (χ3v) is 5.71. The number of ketones is 1. The van der Waals surface area contributed by atoms with Crippen molar-refractivity contribution in [3.63, 3.8) is 0 Å². The molecule has 0 bridgehead atoms. The summed E-state index contributed by atoms with van der Waals surface area (Å²) in [6.07, 6.45) is -0.0733. The second kappa shape index (κ2) is 7.28. The highest BCUT2D eigenvalue weighted by Crippen LogP contribution is 2.25. The summed E-state index contributed by atoms with van der Waals surface area (Å²) >= 11 is 0. The number of carbonyl (C=O) groups is 3. The Morgan fingerprint density at radius 2 is 1.59 bits per heavy atom. The predicted molar refractivity (Wildman–Crippen MR) is 95.4 cm³/mol. The number of amides is 2. The number of hydrogen-bond donors (Lipinski definition) is 1. The van der Waals surface area contributed by atoms with E-state index in [0.29, 0.717) is 0 Å².